The summed E-state index contributed by atoms with van der Waals surface area (Å²) in [6.07, 6.45) is 8.86. The second-order valence-electron chi connectivity index (χ2n) is 6.13. The summed E-state index contributed by atoms with van der Waals surface area (Å²) < 4.78 is 2.04. The summed E-state index contributed by atoms with van der Waals surface area (Å²) in [6.45, 7) is 0.665. The molecule has 23 heavy (non-hydrogen) atoms. The molecule has 5 heteroatoms. The smallest absolute Gasteiger partial charge is 0.315 e. The molecule has 1 aromatic heterocycles. The van der Waals surface area contributed by atoms with Gasteiger partial charge in [0.25, 0.3) is 0 Å². The molecule has 3 rings (SSSR count). The zero-order valence-corrected chi connectivity index (χ0v) is 13.3. The van der Waals surface area contributed by atoms with Crippen LogP contribution in [0.25, 0.3) is 0 Å². The first-order valence-corrected chi connectivity index (χ1v) is 8.38. The van der Waals surface area contributed by atoms with Crippen molar-refractivity contribution in [2.45, 2.75) is 44.2 Å². The molecule has 2 N–H and O–H groups in total. The number of hydrogen-bond acceptors (Lipinski definition) is 2. The molecule has 1 aliphatic carbocycles. The van der Waals surface area contributed by atoms with Crippen molar-refractivity contribution in [3.63, 3.8) is 0 Å². The standard InChI is InChI=1S/C18H24N4O/c23-18(19-13-11-15-5-2-1-3-6-15)21-16-7-9-17(10-8-16)22-14-4-12-20-22/h1-6,12,14,16-17H,7-11,13H2,(H2,19,21,23). The number of nitrogens with one attached hydrogen (secondary N) is 2. The number of rotatable bonds is 5. The molecule has 0 spiro atoms. The molecule has 1 aromatic carbocycles. The third kappa shape index (κ3) is 4.58. The Balaban J connectivity index is 1.34. The van der Waals surface area contributed by atoms with Crippen LogP contribution < -0.4 is 10.6 Å². The van der Waals surface area contributed by atoms with E-state index in [4.69, 9.17) is 0 Å². The van der Waals surface area contributed by atoms with Crippen molar-refractivity contribution in [3.8, 4) is 0 Å². The molecule has 0 aliphatic heterocycles. The van der Waals surface area contributed by atoms with Crippen LogP contribution in [0.4, 0.5) is 4.79 Å². The molecule has 1 aliphatic rings. The van der Waals surface area contributed by atoms with Gasteiger partial charge in [-0.05, 0) is 43.7 Å². The molecule has 0 bridgehead atoms. The first-order chi connectivity index (χ1) is 11.3. The van der Waals surface area contributed by atoms with Gasteiger partial charge in [-0.15, -0.1) is 0 Å². The fraction of sp³-hybridized carbons (Fsp3) is 0.444. The second-order valence-corrected chi connectivity index (χ2v) is 6.13. The van der Waals surface area contributed by atoms with E-state index in [2.05, 4.69) is 27.9 Å². The van der Waals surface area contributed by atoms with E-state index in [0.29, 0.717) is 12.6 Å². The summed E-state index contributed by atoms with van der Waals surface area (Å²) in [6, 6.07) is 12.9. The number of carbonyl (C=O) groups excluding carboxylic acids is 1. The van der Waals surface area contributed by atoms with Crippen molar-refractivity contribution < 1.29 is 4.79 Å². The van der Waals surface area contributed by atoms with Crippen LogP contribution in [0.1, 0.15) is 37.3 Å². The summed E-state index contributed by atoms with van der Waals surface area (Å²) >= 11 is 0. The van der Waals surface area contributed by atoms with Gasteiger partial charge in [0.15, 0.2) is 0 Å². The Morgan fingerprint density at radius 3 is 2.61 bits per heavy atom. The lowest BCUT2D eigenvalue weighted by molar-refractivity contribution is 0.225. The van der Waals surface area contributed by atoms with Gasteiger partial charge < -0.3 is 10.6 Å². The molecule has 2 amide bonds. The van der Waals surface area contributed by atoms with Crippen molar-refractivity contribution in [1.82, 2.24) is 20.4 Å². The van der Waals surface area contributed by atoms with E-state index in [1.807, 2.05) is 41.3 Å². The average Bonchev–Trinajstić information content (AvgIpc) is 3.11. The van der Waals surface area contributed by atoms with E-state index in [-0.39, 0.29) is 12.1 Å². The van der Waals surface area contributed by atoms with Gasteiger partial charge in [-0.1, -0.05) is 30.3 Å². The highest BCUT2D eigenvalue weighted by Crippen LogP contribution is 2.27. The first kappa shape index (κ1) is 15.6. The molecular formula is C18H24N4O. The average molecular weight is 312 g/mol. The Morgan fingerprint density at radius 1 is 1.13 bits per heavy atom. The zero-order valence-electron chi connectivity index (χ0n) is 13.3. The first-order valence-electron chi connectivity index (χ1n) is 8.38. The number of benzene rings is 1. The summed E-state index contributed by atoms with van der Waals surface area (Å²) in [7, 11) is 0. The molecule has 0 unspecified atom stereocenters. The highest BCUT2D eigenvalue weighted by atomic mass is 16.2. The Hall–Kier alpha value is -2.30. The van der Waals surface area contributed by atoms with E-state index < -0.39 is 0 Å². The molecule has 2 aromatic rings. The number of carbonyl (C=O) groups is 1. The summed E-state index contributed by atoms with van der Waals surface area (Å²) in [5.74, 6) is 0. The Morgan fingerprint density at radius 2 is 1.91 bits per heavy atom. The number of nitrogens with zero attached hydrogens (tertiary/aromatic N) is 2. The van der Waals surface area contributed by atoms with Gasteiger partial charge in [0.1, 0.15) is 0 Å². The third-order valence-electron chi connectivity index (χ3n) is 4.47. The third-order valence-corrected chi connectivity index (χ3v) is 4.47. The minimum absolute atomic E-state index is 0.0523. The normalized spacial score (nSPS) is 20.9. The zero-order chi connectivity index (χ0) is 15.9. The Labute approximate surface area is 137 Å². The van der Waals surface area contributed by atoms with E-state index in [0.717, 1.165) is 32.1 Å². The predicted molar refractivity (Wildman–Crippen MR) is 90.2 cm³/mol. The predicted octanol–water partition coefficient (Wildman–Crippen LogP) is 2.91. The highest BCUT2D eigenvalue weighted by molar-refractivity contribution is 5.74. The fourth-order valence-electron chi connectivity index (χ4n) is 3.18. The van der Waals surface area contributed by atoms with E-state index in [1.54, 1.807) is 0 Å². The molecule has 5 nitrogen and oxygen atoms in total. The molecule has 122 valence electrons. The fourth-order valence-corrected chi connectivity index (χ4v) is 3.18. The Kier molecular flexibility index (Phi) is 5.29. The van der Waals surface area contributed by atoms with Crippen LogP contribution >= 0.6 is 0 Å². The van der Waals surface area contributed by atoms with Crippen LogP contribution in [0.3, 0.4) is 0 Å². The van der Waals surface area contributed by atoms with Crippen molar-refractivity contribution in [2.24, 2.45) is 0 Å². The van der Waals surface area contributed by atoms with Crippen molar-refractivity contribution in [2.75, 3.05) is 6.54 Å². The second kappa shape index (κ2) is 7.81. The summed E-state index contributed by atoms with van der Waals surface area (Å²) in [4.78, 5) is 12.0. The highest BCUT2D eigenvalue weighted by Gasteiger charge is 2.23. The van der Waals surface area contributed by atoms with Crippen LogP contribution in [-0.2, 0) is 6.42 Å². The number of amides is 2. The minimum Gasteiger partial charge on any atom is -0.338 e. The molecule has 1 fully saturated rings. The molecule has 0 atom stereocenters. The van der Waals surface area contributed by atoms with Crippen LogP contribution in [0.2, 0.25) is 0 Å². The van der Waals surface area contributed by atoms with Gasteiger partial charge in [0.2, 0.25) is 0 Å². The summed E-state index contributed by atoms with van der Waals surface area (Å²) in [5.41, 5.74) is 1.24. The number of urea groups is 1. The summed E-state index contributed by atoms with van der Waals surface area (Å²) in [5, 5.41) is 10.4. The van der Waals surface area contributed by atoms with Crippen molar-refractivity contribution >= 4 is 6.03 Å². The SMILES string of the molecule is O=C(NCCc1ccccc1)NC1CCC(n2cccn2)CC1. The van der Waals surface area contributed by atoms with E-state index in [9.17, 15) is 4.79 Å². The molecule has 1 heterocycles. The van der Waals surface area contributed by atoms with Crippen LogP contribution in [0.5, 0.6) is 0 Å². The van der Waals surface area contributed by atoms with Crippen molar-refractivity contribution in [3.05, 3.63) is 54.4 Å². The number of aromatic nitrogens is 2. The number of hydrogen-bond donors (Lipinski definition) is 2. The van der Waals surface area contributed by atoms with Crippen LogP contribution in [-0.4, -0.2) is 28.4 Å². The maximum Gasteiger partial charge on any atom is 0.315 e. The molecular weight excluding hydrogens is 288 g/mol. The van der Waals surface area contributed by atoms with Gasteiger partial charge in [-0.25, -0.2) is 4.79 Å². The van der Waals surface area contributed by atoms with E-state index in [1.165, 1.54) is 5.56 Å². The lowest BCUT2D eigenvalue weighted by Crippen LogP contribution is -2.44. The largest absolute Gasteiger partial charge is 0.338 e. The molecule has 0 saturated heterocycles. The Bertz CT molecular complexity index is 589. The van der Waals surface area contributed by atoms with Gasteiger partial charge >= 0.3 is 6.03 Å². The van der Waals surface area contributed by atoms with Gasteiger partial charge in [-0.2, -0.15) is 5.10 Å². The van der Waals surface area contributed by atoms with Crippen molar-refractivity contribution in [1.29, 1.82) is 0 Å². The van der Waals surface area contributed by atoms with E-state index >= 15 is 0 Å². The van der Waals surface area contributed by atoms with Gasteiger partial charge in [-0.3, -0.25) is 4.68 Å². The van der Waals surface area contributed by atoms with Gasteiger partial charge in [0.05, 0.1) is 6.04 Å². The molecule has 0 radical (unpaired) electrons. The lowest BCUT2D eigenvalue weighted by Gasteiger charge is -2.29. The maximum atomic E-state index is 12.0. The maximum absolute atomic E-state index is 12.0. The topological polar surface area (TPSA) is 59.0 Å². The quantitative estimate of drug-likeness (QED) is 0.892. The van der Waals surface area contributed by atoms with Crippen LogP contribution in [0, 0.1) is 0 Å². The lowest BCUT2D eigenvalue weighted by atomic mass is 9.91. The monoisotopic (exact) mass is 312 g/mol. The van der Waals surface area contributed by atoms with Crippen LogP contribution in [0.15, 0.2) is 48.8 Å². The van der Waals surface area contributed by atoms with Gasteiger partial charge in [0, 0.05) is 25.0 Å². The molecule has 1 saturated carbocycles. The minimum atomic E-state index is -0.0523.